The van der Waals surface area contributed by atoms with Crippen LogP contribution in [-0.4, -0.2) is 27.8 Å². The van der Waals surface area contributed by atoms with Crippen LogP contribution in [0.2, 0.25) is 0 Å². The molecule has 0 radical (unpaired) electrons. The number of nitrogen functional groups attached to an aromatic ring is 1. The fraction of sp³-hybridized carbons (Fsp3) is 0.182. The number of hydrogen-bond donors (Lipinski definition) is 2. The van der Waals surface area contributed by atoms with Gasteiger partial charge in [-0.3, -0.25) is 4.79 Å². The molecule has 2 aromatic rings. The van der Waals surface area contributed by atoms with Crippen molar-refractivity contribution < 1.29 is 9.53 Å². The van der Waals surface area contributed by atoms with Crippen LogP contribution >= 0.6 is 15.9 Å². The van der Waals surface area contributed by atoms with Crippen LogP contribution in [0.1, 0.15) is 0 Å². The summed E-state index contributed by atoms with van der Waals surface area (Å²) in [6.45, 7) is 0.0356. The third-order valence-electron chi connectivity index (χ3n) is 2.31. The molecule has 8 heteroatoms. The van der Waals surface area contributed by atoms with Gasteiger partial charge < -0.3 is 15.8 Å². The predicted octanol–water partition coefficient (Wildman–Crippen LogP) is 1.27. The van der Waals surface area contributed by atoms with Crippen molar-refractivity contribution in [3.63, 3.8) is 0 Å². The van der Waals surface area contributed by atoms with Crippen molar-refractivity contribution in [1.29, 1.82) is 0 Å². The van der Waals surface area contributed by atoms with Gasteiger partial charge in [0.15, 0.2) is 0 Å². The van der Waals surface area contributed by atoms with E-state index in [0.29, 0.717) is 11.4 Å². The number of rotatable bonds is 4. The highest BCUT2D eigenvalue weighted by molar-refractivity contribution is 9.10. The lowest BCUT2D eigenvalue weighted by Gasteiger charge is -2.09. The third kappa shape index (κ3) is 3.44. The van der Waals surface area contributed by atoms with Crippen LogP contribution in [0.25, 0.3) is 0 Å². The van der Waals surface area contributed by atoms with Crippen molar-refractivity contribution >= 4 is 33.5 Å². The van der Waals surface area contributed by atoms with Gasteiger partial charge in [-0.25, -0.2) is 9.67 Å². The Morgan fingerprint density at radius 1 is 1.58 bits per heavy atom. The van der Waals surface area contributed by atoms with Crippen LogP contribution in [0.15, 0.2) is 29.0 Å². The molecule has 7 nitrogen and oxygen atoms in total. The van der Waals surface area contributed by atoms with Crippen LogP contribution in [0, 0.1) is 0 Å². The number of benzene rings is 1. The molecule has 0 fully saturated rings. The Morgan fingerprint density at radius 3 is 3.00 bits per heavy atom. The average Bonchev–Trinajstić information content (AvgIpc) is 2.77. The maximum atomic E-state index is 11.8. The minimum absolute atomic E-state index is 0.0356. The first-order chi connectivity index (χ1) is 9.08. The highest BCUT2D eigenvalue weighted by Gasteiger charge is 2.08. The quantitative estimate of drug-likeness (QED) is 0.882. The van der Waals surface area contributed by atoms with Crippen molar-refractivity contribution in [3.8, 4) is 5.75 Å². The number of nitrogens with two attached hydrogens (primary N) is 1. The molecule has 0 aliphatic rings. The monoisotopic (exact) mass is 325 g/mol. The number of methoxy groups -OCH3 is 1. The summed E-state index contributed by atoms with van der Waals surface area (Å²) in [6.07, 6.45) is 1.40. The zero-order valence-corrected chi connectivity index (χ0v) is 11.7. The number of amides is 1. The summed E-state index contributed by atoms with van der Waals surface area (Å²) >= 11 is 3.35. The molecule has 0 aliphatic heterocycles. The van der Waals surface area contributed by atoms with E-state index in [-0.39, 0.29) is 18.4 Å². The number of anilines is 2. The molecule has 100 valence electrons. The molecule has 1 aromatic carbocycles. The molecule has 0 unspecified atom stereocenters. The first-order valence-electron chi connectivity index (χ1n) is 5.37. The zero-order valence-electron chi connectivity index (χ0n) is 10.1. The van der Waals surface area contributed by atoms with Gasteiger partial charge in [0, 0.05) is 10.5 Å². The molecule has 19 heavy (non-hydrogen) atoms. The molecule has 0 aliphatic carbocycles. The van der Waals surface area contributed by atoms with Crippen LogP contribution in [0.5, 0.6) is 5.75 Å². The Kier molecular flexibility index (Phi) is 4.00. The van der Waals surface area contributed by atoms with Crippen LogP contribution in [-0.2, 0) is 11.3 Å². The maximum Gasteiger partial charge on any atom is 0.246 e. The summed E-state index contributed by atoms with van der Waals surface area (Å²) in [5, 5.41) is 6.58. The van der Waals surface area contributed by atoms with E-state index in [2.05, 4.69) is 31.3 Å². The molecule has 0 bridgehead atoms. The number of aromatic nitrogens is 3. The van der Waals surface area contributed by atoms with Gasteiger partial charge in [0.1, 0.15) is 18.6 Å². The van der Waals surface area contributed by atoms with Crippen LogP contribution in [0.3, 0.4) is 0 Å². The second-order valence-corrected chi connectivity index (χ2v) is 4.55. The standard InChI is InChI=1S/C11H12BrN5O2/c1-19-7-2-3-8(12)9(4-7)15-10(18)5-17-6-14-11(13)16-17/h2-4,6H,5H2,1H3,(H2,13,16)(H,15,18). The van der Waals surface area contributed by atoms with E-state index in [4.69, 9.17) is 10.5 Å². The van der Waals surface area contributed by atoms with Crippen LogP contribution in [0.4, 0.5) is 11.6 Å². The molecular formula is C11H12BrN5O2. The Bertz CT molecular complexity index is 599. The number of nitrogens with zero attached hydrogens (tertiary/aromatic N) is 3. The zero-order chi connectivity index (χ0) is 13.8. The lowest BCUT2D eigenvalue weighted by atomic mass is 10.3. The Balaban J connectivity index is 2.06. The first-order valence-corrected chi connectivity index (χ1v) is 6.16. The van der Waals surface area contributed by atoms with Gasteiger partial charge in [0.05, 0.1) is 12.8 Å². The van der Waals surface area contributed by atoms with E-state index in [0.717, 1.165) is 4.47 Å². The van der Waals surface area contributed by atoms with E-state index >= 15 is 0 Å². The van der Waals surface area contributed by atoms with Gasteiger partial charge in [-0.2, -0.15) is 0 Å². The van der Waals surface area contributed by atoms with Gasteiger partial charge in [-0.1, -0.05) is 0 Å². The smallest absolute Gasteiger partial charge is 0.246 e. The van der Waals surface area contributed by atoms with Gasteiger partial charge in [0.2, 0.25) is 11.9 Å². The summed E-state index contributed by atoms with van der Waals surface area (Å²) in [6, 6.07) is 5.30. The third-order valence-corrected chi connectivity index (χ3v) is 3.00. The Labute approximate surface area is 117 Å². The lowest BCUT2D eigenvalue weighted by molar-refractivity contribution is -0.116. The molecule has 0 spiro atoms. The van der Waals surface area contributed by atoms with E-state index in [1.165, 1.54) is 11.0 Å². The van der Waals surface area contributed by atoms with Crippen molar-refractivity contribution in [2.24, 2.45) is 0 Å². The van der Waals surface area contributed by atoms with Crippen molar-refractivity contribution in [2.75, 3.05) is 18.2 Å². The first kappa shape index (κ1) is 13.3. The molecule has 0 saturated heterocycles. The fourth-order valence-corrected chi connectivity index (χ4v) is 1.79. The van der Waals surface area contributed by atoms with Crippen molar-refractivity contribution in [3.05, 3.63) is 29.0 Å². The second-order valence-electron chi connectivity index (χ2n) is 3.69. The maximum absolute atomic E-state index is 11.8. The molecular weight excluding hydrogens is 314 g/mol. The Hall–Kier alpha value is -2.09. The van der Waals surface area contributed by atoms with E-state index < -0.39 is 0 Å². The molecule has 1 heterocycles. The molecule has 3 N–H and O–H groups in total. The summed E-state index contributed by atoms with van der Waals surface area (Å²) < 4.78 is 7.22. The number of nitrogens with one attached hydrogen (secondary N) is 1. The molecule has 0 atom stereocenters. The highest BCUT2D eigenvalue weighted by atomic mass is 79.9. The number of ether oxygens (including phenoxy) is 1. The van der Waals surface area contributed by atoms with Gasteiger partial charge in [-0.15, -0.1) is 5.10 Å². The number of halogens is 1. The van der Waals surface area contributed by atoms with Crippen molar-refractivity contribution in [2.45, 2.75) is 6.54 Å². The van der Waals surface area contributed by atoms with Gasteiger partial charge >= 0.3 is 0 Å². The minimum atomic E-state index is -0.237. The topological polar surface area (TPSA) is 95.1 Å². The number of carbonyl (C=O) groups is 1. The number of hydrogen-bond acceptors (Lipinski definition) is 5. The normalized spacial score (nSPS) is 10.2. The van der Waals surface area contributed by atoms with Gasteiger partial charge in [0.25, 0.3) is 0 Å². The second kappa shape index (κ2) is 5.70. The number of carbonyl (C=O) groups excluding carboxylic acids is 1. The summed E-state index contributed by atoms with van der Waals surface area (Å²) in [5.41, 5.74) is 5.99. The predicted molar refractivity (Wildman–Crippen MR) is 73.8 cm³/mol. The highest BCUT2D eigenvalue weighted by Crippen LogP contribution is 2.27. The van der Waals surface area contributed by atoms with E-state index in [9.17, 15) is 4.79 Å². The summed E-state index contributed by atoms with van der Waals surface area (Å²) in [4.78, 5) is 15.6. The average molecular weight is 326 g/mol. The summed E-state index contributed by atoms with van der Waals surface area (Å²) in [5.74, 6) is 0.553. The molecule has 2 rings (SSSR count). The molecule has 1 amide bonds. The molecule has 0 saturated carbocycles. The fourth-order valence-electron chi connectivity index (χ4n) is 1.45. The molecule has 1 aromatic heterocycles. The minimum Gasteiger partial charge on any atom is -0.497 e. The van der Waals surface area contributed by atoms with Gasteiger partial charge in [-0.05, 0) is 28.1 Å². The lowest BCUT2D eigenvalue weighted by Crippen LogP contribution is -2.19. The van der Waals surface area contributed by atoms with Crippen LogP contribution < -0.4 is 15.8 Å². The van der Waals surface area contributed by atoms with E-state index in [1.807, 2.05) is 0 Å². The SMILES string of the molecule is COc1ccc(Br)c(NC(=O)Cn2cnc(N)n2)c1. The summed E-state index contributed by atoms with van der Waals surface area (Å²) in [7, 11) is 1.56. The Morgan fingerprint density at radius 2 is 2.37 bits per heavy atom. The largest absolute Gasteiger partial charge is 0.497 e. The van der Waals surface area contributed by atoms with E-state index in [1.54, 1.807) is 25.3 Å². The van der Waals surface area contributed by atoms with Crippen molar-refractivity contribution in [1.82, 2.24) is 14.8 Å².